The van der Waals surface area contributed by atoms with Crippen LogP contribution in [0, 0.1) is 0 Å². The molecule has 108 valence electrons. The lowest BCUT2D eigenvalue weighted by Gasteiger charge is -2.65. The Balaban J connectivity index is 1.59. The van der Waals surface area contributed by atoms with Gasteiger partial charge in [0.25, 0.3) is 0 Å². The van der Waals surface area contributed by atoms with Gasteiger partial charge in [-0.2, -0.15) is 0 Å². The summed E-state index contributed by atoms with van der Waals surface area (Å²) < 4.78 is 14.3. The highest BCUT2D eigenvalue weighted by Gasteiger charge is 2.70. The minimum absolute atomic E-state index is 0.191. The number of carbonyl (C=O) groups is 1. The van der Waals surface area contributed by atoms with E-state index in [9.17, 15) is 14.3 Å². The van der Waals surface area contributed by atoms with Crippen molar-refractivity contribution in [2.45, 2.75) is 36.5 Å². The summed E-state index contributed by atoms with van der Waals surface area (Å²) in [6.45, 7) is -0.191. The van der Waals surface area contributed by atoms with Gasteiger partial charge < -0.3 is 15.7 Å². The van der Waals surface area contributed by atoms with Gasteiger partial charge in [-0.3, -0.25) is 0 Å². The van der Waals surface area contributed by atoms with E-state index in [1.165, 1.54) is 0 Å². The van der Waals surface area contributed by atoms with Crippen LogP contribution in [-0.4, -0.2) is 29.0 Å². The molecule has 1 aromatic carbocycles. The second kappa shape index (κ2) is 4.70. The molecule has 3 aliphatic rings. The molecule has 1 unspecified atom stereocenters. The van der Waals surface area contributed by atoms with Crippen molar-refractivity contribution in [1.29, 1.82) is 0 Å². The zero-order chi connectivity index (χ0) is 14.4. The van der Waals surface area contributed by atoms with Crippen molar-refractivity contribution in [1.82, 2.24) is 10.6 Å². The number of amides is 2. The van der Waals surface area contributed by atoms with Gasteiger partial charge in [-0.05, 0) is 17.7 Å². The first-order valence-electron chi connectivity index (χ1n) is 6.58. The average molecular weight is 343 g/mol. The normalized spacial score (nSPS) is 31.8. The quantitative estimate of drug-likeness (QED) is 0.786. The Kier molecular flexibility index (Phi) is 3.25. The lowest BCUT2D eigenvalue weighted by Crippen LogP contribution is -2.77. The molecule has 20 heavy (non-hydrogen) atoms. The Bertz CT molecular complexity index is 532. The van der Waals surface area contributed by atoms with Gasteiger partial charge in [-0.15, -0.1) is 0 Å². The maximum Gasteiger partial charge on any atom is 0.315 e. The lowest BCUT2D eigenvalue weighted by atomic mass is 9.47. The average Bonchev–Trinajstić information content (AvgIpc) is 2.32. The number of aliphatic hydroxyl groups is 1. The molecule has 3 aliphatic carbocycles. The summed E-state index contributed by atoms with van der Waals surface area (Å²) in [5.41, 5.74) is -0.569. The summed E-state index contributed by atoms with van der Waals surface area (Å²) in [6.07, 6.45) is 1.23. The molecule has 1 aromatic rings. The first-order chi connectivity index (χ1) is 9.44. The van der Waals surface area contributed by atoms with Gasteiger partial charge in [-0.1, -0.05) is 28.1 Å². The molecular formula is C14H16BrFN2O2. The van der Waals surface area contributed by atoms with E-state index in [1.54, 1.807) is 0 Å². The van der Waals surface area contributed by atoms with Crippen LogP contribution >= 0.6 is 15.9 Å². The van der Waals surface area contributed by atoms with Crippen molar-refractivity contribution in [3.05, 3.63) is 34.3 Å². The Labute approximate surface area is 124 Å². The standard InChI is InChI=1S/C14H16BrFN2O2/c15-10-3-1-2-9(4-10)11(5-19)17-12(20)18-14-6-13(16,7-14)8-14/h1-4,11,19H,5-8H2,(H2,17,18,20). The molecule has 4 rings (SSSR count). The topological polar surface area (TPSA) is 61.4 Å². The van der Waals surface area contributed by atoms with E-state index in [4.69, 9.17) is 0 Å². The number of rotatable bonds is 4. The molecule has 4 nitrogen and oxygen atoms in total. The summed E-state index contributed by atoms with van der Waals surface area (Å²) in [5, 5.41) is 15.0. The van der Waals surface area contributed by atoms with E-state index in [1.807, 2.05) is 24.3 Å². The molecule has 2 amide bonds. The third-order valence-electron chi connectivity index (χ3n) is 4.08. The van der Waals surface area contributed by atoms with Crippen molar-refractivity contribution in [2.24, 2.45) is 0 Å². The Morgan fingerprint density at radius 3 is 2.70 bits per heavy atom. The fourth-order valence-corrected chi connectivity index (χ4v) is 3.61. The van der Waals surface area contributed by atoms with Gasteiger partial charge in [0.15, 0.2) is 0 Å². The number of aliphatic hydroxyl groups excluding tert-OH is 1. The molecule has 0 aliphatic heterocycles. The molecule has 3 N–H and O–H groups in total. The van der Waals surface area contributed by atoms with Crippen LogP contribution in [0.2, 0.25) is 0 Å². The summed E-state index contributed by atoms with van der Waals surface area (Å²) in [5.74, 6) is 0. The molecule has 0 saturated heterocycles. The number of halogens is 2. The maximum atomic E-state index is 13.4. The van der Waals surface area contributed by atoms with Crippen molar-refractivity contribution in [3.8, 4) is 0 Å². The van der Waals surface area contributed by atoms with Crippen molar-refractivity contribution in [3.63, 3.8) is 0 Å². The highest BCUT2D eigenvalue weighted by atomic mass is 79.9. The number of alkyl halides is 1. The van der Waals surface area contributed by atoms with Crippen molar-refractivity contribution >= 4 is 22.0 Å². The molecule has 1 atom stereocenters. The van der Waals surface area contributed by atoms with Crippen LogP contribution < -0.4 is 10.6 Å². The predicted molar refractivity (Wildman–Crippen MR) is 76.1 cm³/mol. The third kappa shape index (κ3) is 2.42. The zero-order valence-electron chi connectivity index (χ0n) is 10.8. The van der Waals surface area contributed by atoms with Gasteiger partial charge >= 0.3 is 6.03 Å². The van der Waals surface area contributed by atoms with Gasteiger partial charge in [0.05, 0.1) is 18.2 Å². The number of hydrogen-bond acceptors (Lipinski definition) is 2. The minimum atomic E-state index is -1.03. The molecule has 0 heterocycles. The lowest BCUT2D eigenvalue weighted by molar-refractivity contribution is -0.162. The van der Waals surface area contributed by atoms with Gasteiger partial charge in [0.2, 0.25) is 0 Å². The zero-order valence-corrected chi connectivity index (χ0v) is 12.4. The van der Waals surface area contributed by atoms with Crippen LogP contribution in [0.3, 0.4) is 0 Å². The van der Waals surface area contributed by atoms with Gasteiger partial charge in [0.1, 0.15) is 5.67 Å². The van der Waals surface area contributed by atoms with Crippen molar-refractivity contribution in [2.75, 3.05) is 6.61 Å². The minimum Gasteiger partial charge on any atom is -0.394 e. The second-order valence-corrected chi connectivity index (χ2v) is 6.77. The second-order valence-electron chi connectivity index (χ2n) is 5.85. The fraction of sp³-hybridized carbons (Fsp3) is 0.500. The first kappa shape index (κ1) is 13.8. The number of nitrogens with one attached hydrogen (secondary N) is 2. The molecule has 3 fully saturated rings. The maximum absolute atomic E-state index is 13.4. The molecular weight excluding hydrogens is 327 g/mol. The number of carbonyl (C=O) groups excluding carboxylic acids is 1. The van der Waals surface area contributed by atoms with Crippen LogP contribution in [0.5, 0.6) is 0 Å². The first-order valence-corrected chi connectivity index (χ1v) is 7.37. The van der Waals surface area contributed by atoms with Crippen LogP contribution in [0.1, 0.15) is 30.9 Å². The molecule has 2 bridgehead atoms. The molecule has 0 spiro atoms. The molecule has 3 saturated carbocycles. The summed E-state index contributed by atoms with van der Waals surface area (Å²) >= 11 is 3.36. The van der Waals surface area contributed by atoms with Crippen LogP contribution in [0.15, 0.2) is 28.7 Å². The number of hydrogen-bond donors (Lipinski definition) is 3. The van der Waals surface area contributed by atoms with Gasteiger partial charge in [-0.25, -0.2) is 9.18 Å². The summed E-state index contributed by atoms with van der Waals surface area (Å²) in [4.78, 5) is 11.9. The van der Waals surface area contributed by atoms with E-state index in [0.29, 0.717) is 19.3 Å². The number of benzene rings is 1. The van der Waals surface area contributed by atoms with Crippen LogP contribution in [-0.2, 0) is 0 Å². The smallest absolute Gasteiger partial charge is 0.315 e. The highest BCUT2D eigenvalue weighted by molar-refractivity contribution is 9.10. The summed E-state index contributed by atoms with van der Waals surface area (Å²) in [7, 11) is 0. The fourth-order valence-electron chi connectivity index (χ4n) is 3.19. The third-order valence-corrected chi connectivity index (χ3v) is 4.58. The van der Waals surface area contributed by atoms with Crippen molar-refractivity contribution < 1.29 is 14.3 Å². The molecule has 0 aromatic heterocycles. The van der Waals surface area contributed by atoms with E-state index in [0.717, 1.165) is 10.0 Å². The molecule has 6 heteroatoms. The predicted octanol–water partition coefficient (Wildman–Crippen LogP) is 2.43. The SMILES string of the molecule is O=C(NC(CO)c1cccc(Br)c1)NC12CC(F)(C1)C2. The van der Waals surface area contributed by atoms with Crippen LogP contribution in [0.4, 0.5) is 9.18 Å². The Morgan fingerprint density at radius 2 is 2.15 bits per heavy atom. The Hall–Kier alpha value is -1.14. The molecule has 0 radical (unpaired) electrons. The van der Waals surface area contributed by atoms with E-state index in [2.05, 4.69) is 26.6 Å². The highest BCUT2D eigenvalue weighted by Crippen LogP contribution is 2.62. The largest absolute Gasteiger partial charge is 0.394 e. The monoisotopic (exact) mass is 342 g/mol. The van der Waals surface area contributed by atoms with Gasteiger partial charge in [0, 0.05) is 23.7 Å². The van der Waals surface area contributed by atoms with E-state index in [-0.39, 0.29) is 18.2 Å². The van der Waals surface area contributed by atoms with Crippen LogP contribution in [0.25, 0.3) is 0 Å². The van der Waals surface area contributed by atoms with E-state index >= 15 is 0 Å². The Morgan fingerprint density at radius 1 is 1.45 bits per heavy atom. The van der Waals surface area contributed by atoms with E-state index < -0.39 is 11.7 Å². The number of urea groups is 1. The summed E-state index contributed by atoms with van der Waals surface area (Å²) in [6, 6.07) is 6.57.